The Bertz CT molecular complexity index is 506. The van der Waals surface area contributed by atoms with E-state index in [2.05, 4.69) is 0 Å². The van der Waals surface area contributed by atoms with E-state index in [0.29, 0.717) is 0 Å². The number of halogens is 1. The van der Waals surface area contributed by atoms with Crippen LogP contribution in [0.5, 0.6) is 0 Å². The highest BCUT2D eigenvalue weighted by molar-refractivity contribution is 7.90. The van der Waals surface area contributed by atoms with Crippen LogP contribution in [0.4, 0.5) is 10.1 Å². The third kappa shape index (κ3) is 2.13. The Labute approximate surface area is 99.3 Å². The van der Waals surface area contributed by atoms with Gasteiger partial charge >= 0.3 is 10.2 Å². The third-order valence-electron chi connectivity index (χ3n) is 2.63. The Balaban J connectivity index is 2.34. The van der Waals surface area contributed by atoms with Gasteiger partial charge in [-0.25, -0.2) is 4.39 Å². The second-order valence-corrected chi connectivity index (χ2v) is 5.51. The van der Waals surface area contributed by atoms with Gasteiger partial charge in [-0.3, -0.25) is 4.31 Å². The van der Waals surface area contributed by atoms with E-state index < -0.39 is 16.0 Å². The molecule has 7 heteroatoms. The molecule has 0 aliphatic carbocycles. The minimum Gasteiger partial charge on any atom is -0.395 e. The maximum Gasteiger partial charge on any atom is 0.304 e. The molecule has 0 saturated carbocycles. The lowest BCUT2D eigenvalue weighted by Gasteiger charge is -2.19. The van der Waals surface area contributed by atoms with Gasteiger partial charge in [-0.1, -0.05) is 12.1 Å². The number of aliphatic hydroxyl groups is 1. The van der Waals surface area contributed by atoms with Crippen LogP contribution in [0.2, 0.25) is 0 Å². The Morgan fingerprint density at radius 2 is 2.00 bits per heavy atom. The van der Waals surface area contributed by atoms with Gasteiger partial charge in [0, 0.05) is 19.6 Å². The van der Waals surface area contributed by atoms with Crippen LogP contribution in [0.15, 0.2) is 24.3 Å². The van der Waals surface area contributed by atoms with Crippen molar-refractivity contribution < 1.29 is 17.9 Å². The summed E-state index contributed by atoms with van der Waals surface area (Å²) in [4.78, 5) is 0. The van der Waals surface area contributed by atoms with Crippen molar-refractivity contribution in [2.24, 2.45) is 0 Å². The average Bonchev–Trinajstić information content (AvgIpc) is 2.57. The van der Waals surface area contributed by atoms with Crippen LogP contribution in [-0.4, -0.2) is 44.1 Å². The molecule has 1 aliphatic rings. The van der Waals surface area contributed by atoms with Gasteiger partial charge in [0.2, 0.25) is 0 Å². The lowest BCUT2D eigenvalue weighted by Crippen LogP contribution is -2.35. The highest BCUT2D eigenvalue weighted by Crippen LogP contribution is 2.26. The number of nitrogens with zero attached hydrogens (tertiary/aromatic N) is 2. The standard InChI is InChI=1S/C10H13FN2O3S/c11-9-3-1-2-4-10(9)13-6-5-12(7-8-14)17(13,15)16/h1-4,14H,5-8H2. The van der Waals surface area contributed by atoms with Crippen molar-refractivity contribution in [2.45, 2.75) is 0 Å². The van der Waals surface area contributed by atoms with Crippen LogP contribution in [-0.2, 0) is 10.2 Å². The zero-order chi connectivity index (χ0) is 12.5. The fourth-order valence-electron chi connectivity index (χ4n) is 1.81. The number of benzene rings is 1. The van der Waals surface area contributed by atoms with Crippen LogP contribution in [0.1, 0.15) is 0 Å². The summed E-state index contributed by atoms with van der Waals surface area (Å²) >= 11 is 0. The molecule has 0 bridgehead atoms. The highest BCUT2D eigenvalue weighted by atomic mass is 32.2. The molecule has 0 aromatic heterocycles. The summed E-state index contributed by atoms with van der Waals surface area (Å²) in [5, 5.41) is 8.77. The normalized spacial score (nSPS) is 19.8. The van der Waals surface area contributed by atoms with Gasteiger partial charge in [-0.15, -0.1) is 0 Å². The summed E-state index contributed by atoms with van der Waals surface area (Å²) in [6, 6.07) is 5.74. The number of anilines is 1. The summed E-state index contributed by atoms with van der Waals surface area (Å²) < 4.78 is 39.7. The Kier molecular flexibility index (Phi) is 3.32. The van der Waals surface area contributed by atoms with Gasteiger partial charge in [0.05, 0.1) is 12.3 Å². The van der Waals surface area contributed by atoms with Crippen molar-refractivity contribution in [1.82, 2.24) is 4.31 Å². The second-order valence-electron chi connectivity index (χ2n) is 3.65. The van der Waals surface area contributed by atoms with E-state index in [1.54, 1.807) is 6.07 Å². The summed E-state index contributed by atoms with van der Waals surface area (Å²) in [5.41, 5.74) is 0.0490. The van der Waals surface area contributed by atoms with E-state index in [4.69, 9.17) is 5.11 Å². The van der Waals surface area contributed by atoms with Crippen molar-refractivity contribution in [3.05, 3.63) is 30.1 Å². The Morgan fingerprint density at radius 3 is 2.65 bits per heavy atom. The van der Waals surface area contributed by atoms with Gasteiger partial charge in [-0.2, -0.15) is 12.7 Å². The minimum atomic E-state index is -3.70. The van der Waals surface area contributed by atoms with Crippen molar-refractivity contribution in [2.75, 3.05) is 30.5 Å². The van der Waals surface area contributed by atoms with Crippen molar-refractivity contribution in [3.63, 3.8) is 0 Å². The largest absolute Gasteiger partial charge is 0.395 e. The van der Waals surface area contributed by atoms with Gasteiger partial charge in [-0.05, 0) is 12.1 Å². The Hall–Kier alpha value is -1.18. The van der Waals surface area contributed by atoms with Crippen molar-refractivity contribution >= 4 is 15.9 Å². The number of para-hydroxylation sites is 1. The molecule has 1 fully saturated rings. The molecule has 17 heavy (non-hydrogen) atoms. The molecule has 5 nitrogen and oxygen atoms in total. The second kappa shape index (κ2) is 4.59. The highest BCUT2D eigenvalue weighted by Gasteiger charge is 2.37. The lowest BCUT2D eigenvalue weighted by atomic mass is 10.3. The molecule has 0 spiro atoms. The van der Waals surface area contributed by atoms with Crippen LogP contribution in [0, 0.1) is 5.82 Å². The molecule has 1 N–H and O–H groups in total. The topological polar surface area (TPSA) is 60.9 Å². The Morgan fingerprint density at radius 1 is 1.29 bits per heavy atom. The van der Waals surface area contributed by atoms with Crippen LogP contribution in [0.3, 0.4) is 0 Å². The zero-order valence-electron chi connectivity index (χ0n) is 9.08. The molecule has 1 saturated heterocycles. The maximum atomic E-state index is 13.5. The van der Waals surface area contributed by atoms with E-state index in [1.807, 2.05) is 0 Å². The molecule has 0 unspecified atom stereocenters. The quantitative estimate of drug-likeness (QED) is 0.843. The van der Waals surface area contributed by atoms with E-state index in [9.17, 15) is 12.8 Å². The number of rotatable bonds is 3. The lowest BCUT2D eigenvalue weighted by molar-refractivity contribution is 0.260. The molecular weight excluding hydrogens is 247 g/mol. The smallest absolute Gasteiger partial charge is 0.304 e. The first-order valence-electron chi connectivity index (χ1n) is 5.20. The van der Waals surface area contributed by atoms with E-state index in [1.165, 1.54) is 18.2 Å². The first kappa shape index (κ1) is 12.3. The summed E-state index contributed by atoms with van der Waals surface area (Å²) in [5.74, 6) is -0.568. The van der Waals surface area contributed by atoms with Crippen molar-refractivity contribution in [3.8, 4) is 0 Å². The predicted molar refractivity (Wildman–Crippen MR) is 61.3 cm³/mol. The number of hydrogen-bond donors (Lipinski definition) is 1. The molecule has 1 heterocycles. The number of aliphatic hydroxyl groups excluding tert-OH is 1. The zero-order valence-corrected chi connectivity index (χ0v) is 9.90. The van der Waals surface area contributed by atoms with E-state index in [-0.39, 0.29) is 31.9 Å². The molecule has 1 aromatic carbocycles. The van der Waals surface area contributed by atoms with Gasteiger partial charge in [0.1, 0.15) is 5.82 Å². The molecular formula is C10H13FN2O3S. The minimum absolute atomic E-state index is 0.0350. The summed E-state index contributed by atoms with van der Waals surface area (Å²) in [6.07, 6.45) is 0. The van der Waals surface area contributed by atoms with Crippen LogP contribution in [0.25, 0.3) is 0 Å². The van der Waals surface area contributed by atoms with E-state index in [0.717, 1.165) is 8.61 Å². The van der Waals surface area contributed by atoms with Gasteiger partial charge in [0.25, 0.3) is 0 Å². The average molecular weight is 260 g/mol. The molecule has 1 aliphatic heterocycles. The van der Waals surface area contributed by atoms with Gasteiger partial charge < -0.3 is 5.11 Å². The SMILES string of the molecule is O=S1(=O)N(CCO)CCN1c1ccccc1F. The molecule has 2 rings (SSSR count). The molecule has 0 amide bonds. The summed E-state index contributed by atoms with van der Waals surface area (Å²) in [6.45, 7) is 0.248. The molecule has 94 valence electrons. The van der Waals surface area contributed by atoms with Crippen LogP contribution >= 0.6 is 0 Å². The fraction of sp³-hybridized carbons (Fsp3) is 0.400. The fourth-order valence-corrected chi connectivity index (χ4v) is 3.42. The van der Waals surface area contributed by atoms with Gasteiger partial charge in [0.15, 0.2) is 0 Å². The van der Waals surface area contributed by atoms with E-state index >= 15 is 0 Å². The third-order valence-corrected chi connectivity index (χ3v) is 4.58. The molecule has 1 aromatic rings. The first-order valence-corrected chi connectivity index (χ1v) is 6.60. The number of hydrogen-bond acceptors (Lipinski definition) is 3. The first-order chi connectivity index (χ1) is 8.07. The maximum absolute atomic E-state index is 13.5. The summed E-state index contributed by atoms with van der Waals surface area (Å²) in [7, 11) is -3.70. The van der Waals surface area contributed by atoms with Crippen LogP contribution < -0.4 is 4.31 Å². The molecule has 0 radical (unpaired) electrons. The number of β-amino-alcohol motifs (C(OH)–C–C–N with tert-alkyl or cyclic N) is 1. The predicted octanol–water partition coefficient (Wildman–Crippen LogP) is 0.185. The molecule has 0 atom stereocenters. The van der Waals surface area contributed by atoms with Crippen molar-refractivity contribution in [1.29, 1.82) is 0 Å². The monoisotopic (exact) mass is 260 g/mol.